The van der Waals surface area contributed by atoms with E-state index in [-0.39, 0.29) is 25.4 Å². The highest BCUT2D eigenvalue weighted by Crippen LogP contribution is 2.08. The number of benzene rings is 1. The molecule has 24 heavy (non-hydrogen) atoms. The molecule has 8 heteroatoms. The topological polar surface area (TPSA) is 128 Å². The average Bonchev–Trinajstić information content (AvgIpc) is 3.00. The molecule has 1 fully saturated rings. The first kappa shape index (κ1) is 17.5. The van der Waals surface area contributed by atoms with Gasteiger partial charge in [-0.05, 0) is 12.0 Å². The fourth-order valence-corrected chi connectivity index (χ4v) is 2.27. The molecule has 1 heterocycles. The maximum Gasteiger partial charge on any atom is 0.308 e. The highest BCUT2D eigenvalue weighted by atomic mass is 16.5. The van der Waals surface area contributed by atoms with E-state index in [1.807, 2.05) is 18.2 Å². The van der Waals surface area contributed by atoms with E-state index in [9.17, 15) is 19.2 Å². The molecule has 0 bridgehead atoms. The normalized spacial score (nSPS) is 17.7. The van der Waals surface area contributed by atoms with Crippen LogP contribution < -0.4 is 16.4 Å². The Kier molecular flexibility index (Phi) is 5.89. The van der Waals surface area contributed by atoms with Gasteiger partial charge in [-0.3, -0.25) is 19.2 Å². The van der Waals surface area contributed by atoms with Crippen LogP contribution in [0.1, 0.15) is 24.8 Å². The highest BCUT2D eigenvalue weighted by molar-refractivity contribution is 5.94. The van der Waals surface area contributed by atoms with Crippen LogP contribution >= 0.6 is 0 Å². The molecule has 2 rings (SSSR count). The van der Waals surface area contributed by atoms with E-state index in [0.717, 1.165) is 5.56 Å². The molecule has 0 unspecified atom stereocenters. The summed E-state index contributed by atoms with van der Waals surface area (Å²) < 4.78 is 5.07. The van der Waals surface area contributed by atoms with Crippen molar-refractivity contribution in [2.45, 2.75) is 38.0 Å². The zero-order valence-electron chi connectivity index (χ0n) is 13.0. The van der Waals surface area contributed by atoms with Gasteiger partial charge in [0.05, 0.1) is 6.42 Å². The van der Waals surface area contributed by atoms with Gasteiger partial charge < -0.3 is 21.1 Å². The van der Waals surface area contributed by atoms with Crippen LogP contribution in [0.5, 0.6) is 0 Å². The van der Waals surface area contributed by atoms with Gasteiger partial charge in [-0.15, -0.1) is 0 Å². The molecule has 3 amide bonds. The van der Waals surface area contributed by atoms with Crippen LogP contribution in [0.2, 0.25) is 0 Å². The number of esters is 1. The van der Waals surface area contributed by atoms with Gasteiger partial charge in [-0.1, -0.05) is 30.3 Å². The molecule has 8 nitrogen and oxygen atoms in total. The maximum atomic E-state index is 12.0. The number of carbonyl (C=O) groups is 4. The Morgan fingerprint density at radius 2 is 2.00 bits per heavy atom. The lowest BCUT2D eigenvalue weighted by molar-refractivity contribution is -0.147. The van der Waals surface area contributed by atoms with E-state index in [2.05, 4.69) is 10.6 Å². The fourth-order valence-electron chi connectivity index (χ4n) is 2.27. The summed E-state index contributed by atoms with van der Waals surface area (Å²) in [7, 11) is 0. The minimum absolute atomic E-state index is 0.0672. The molecule has 0 radical (unpaired) electrons. The van der Waals surface area contributed by atoms with E-state index in [1.165, 1.54) is 0 Å². The molecular formula is C16H19N3O5. The van der Waals surface area contributed by atoms with Gasteiger partial charge in [0.15, 0.2) is 0 Å². The smallest absolute Gasteiger partial charge is 0.308 e. The molecule has 0 spiro atoms. The first-order valence-corrected chi connectivity index (χ1v) is 7.54. The second-order valence-corrected chi connectivity index (χ2v) is 5.47. The second-order valence-electron chi connectivity index (χ2n) is 5.47. The summed E-state index contributed by atoms with van der Waals surface area (Å²) >= 11 is 0. The summed E-state index contributed by atoms with van der Waals surface area (Å²) in [5.74, 6) is -2.27. The first-order valence-electron chi connectivity index (χ1n) is 7.54. The maximum absolute atomic E-state index is 12.0. The molecule has 4 N–H and O–H groups in total. The fraction of sp³-hybridized carbons (Fsp3) is 0.375. The molecule has 0 aliphatic carbocycles. The Hall–Kier alpha value is -2.90. The van der Waals surface area contributed by atoms with Crippen molar-refractivity contribution in [1.82, 2.24) is 10.6 Å². The van der Waals surface area contributed by atoms with Crippen LogP contribution in [0.4, 0.5) is 0 Å². The summed E-state index contributed by atoms with van der Waals surface area (Å²) in [6, 6.07) is 7.16. The number of carbonyl (C=O) groups excluding carboxylic acids is 4. The van der Waals surface area contributed by atoms with Gasteiger partial charge in [0, 0.05) is 6.42 Å². The number of hydrogen-bond donors (Lipinski definition) is 3. The third-order valence-electron chi connectivity index (χ3n) is 3.59. The monoisotopic (exact) mass is 333 g/mol. The molecule has 1 aliphatic heterocycles. The van der Waals surface area contributed by atoms with Crippen LogP contribution in [0.15, 0.2) is 30.3 Å². The zero-order chi connectivity index (χ0) is 17.5. The van der Waals surface area contributed by atoms with Crippen LogP contribution in [-0.2, 0) is 30.5 Å². The van der Waals surface area contributed by atoms with Crippen LogP contribution in [0.25, 0.3) is 0 Å². The Labute approximate surface area is 138 Å². The van der Waals surface area contributed by atoms with Crippen molar-refractivity contribution in [2.24, 2.45) is 5.73 Å². The van der Waals surface area contributed by atoms with Gasteiger partial charge in [0.1, 0.15) is 18.7 Å². The average molecular weight is 333 g/mol. The summed E-state index contributed by atoms with van der Waals surface area (Å²) in [6.45, 7) is 0.0672. The Bertz CT molecular complexity index is 632. The van der Waals surface area contributed by atoms with Crippen molar-refractivity contribution in [2.75, 3.05) is 0 Å². The number of nitrogens with two attached hydrogens (primary N) is 1. The van der Waals surface area contributed by atoms with Crippen molar-refractivity contribution in [3.8, 4) is 0 Å². The van der Waals surface area contributed by atoms with E-state index >= 15 is 0 Å². The second kappa shape index (κ2) is 8.09. The van der Waals surface area contributed by atoms with Gasteiger partial charge in [-0.2, -0.15) is 0 Å². The molecule has 1 aliphatic rings. The summed E-state index contributed by atoms with van der Waals surface area (Å²) in [5.41, 5.74) is 6.02. The third kappa shape index (κ3) is 5.08. The minimum Gasteiger partial charge on any atom is -0.461 e. The summed E-state index contributed by atoms with van der Waals surface area (Å²) in [4.78, 5) is 46.4. The summed E-state index contributed by atoms with van der Waals surface area (Å²) in [5, 5.41) is 4.86. The molecule has 1 aromatic carbocycles. The lowest BCUT2D eigenvalue weighted by atomic mass is 10.1. The number of amides is 3. The predicted octanol–water partition coefficient (Wildman–Crippen LogP) is -0.631. The van der Waals surface area contributed by atoms with Crippen LogP contribution in [0.3, 0.4) is 0 Å². The molecular weight excluding hydrogens is 314 g/mol. The molecule has 1 saturated heterocycles. The van der Waals surface area contributed by atoms with E-state index < -0.39 is 29.9 Å². The first-order chi connectivity index (χ1) is 11.5. The molecule has 0 saturated carbocycles. The van der Waals surface area contributed by atoms with Crippen LogP contribution in [0, 0.1) is 0 Å². The summed E-state index contributed by atoms with van der Waals surface area (Å²) in [6.07, 6.45) is 0.224. The number of rotatable bonds is 7. The lowest BCUT2D eigenvalue weighted by Gasteiger charge is -2.17. The van der Waals surface area contributed by atoms with Gasteiger partial charge in [0.25, 0.3) is 0 Å². The van der Waals surface area contributed by atoms with Gasteiger partial charge >= 0.3 is 5.97 Å². The van der Waals surface area contributed by atoms with Crippen molar-refractivity contribution < 1.29 is 23.9 Å². The van der Waals surface area contributed by atoms with Crippen molar-refractivity contribution in [1.29, 1.82) is 0 Å². The molecule has 2 atom stereocenters. The SMILES string of the molecule is NC(=O)[C@H](CC(=O)OCc1ccccc1)NC(=O)[C@@H]1CCC(=O)N1. The number of ether oxygens (including phenoxy) is 1. The van der Waals surface area contributed by atoms with E-state index in [0.29, 0.717) is 6.42 Å². The number of nitrogens with one attached hydrogen (secondary N) is 2. The number of primary amides is 1. The standard InChI is InChI=1S/C16H19N3O5/c17-15(22)12(19-16(23)11-6-7-13(20)18-11)8-14(21)24-9-10-4-2-1-3-5-10/h1-5,11-12H,6-9H2,(H2,17,22)(H,18,20)(H,19,23)/t11-,12-/m0/s1. The Morgan fingerprint density at radius 3 is 2.58 bits per heavy atom. The van der Waals surface area contributed by atoms with Crippen LogP contribution in [-0.4, -0.2) is 35.8 Å². The zero-order valence-corrected chi connectivity index (χ0v) is 13.0. The lowest BCUT2D eigenvalue weighted by Crippen LogP contribution is -2.51. The third-order valence-corrected chi connectivity index (χ3v) is 3.59. The van der Waals surface area contributed by atoms with E-state index in [1.54, 1.807) is 12.1 Å². The Morgan fingerprint density at radius 1 is 1.29 bits per heavy atom. The molecule has 1 aromatic rings. The van der Waals surface area contributed by atoms with Gasteiger partial charge in [0.2, 0.25) is 17.7 Å². The van der Waals surface area contributed by atoms with E-state index in [4.69, 9.17) is 10.5 Å². The number of hydrogen-bond acceptors (Lipinski definition) is 5. The molecule has 0 aromatic heterocycles. The predicted molar refractivity (Wildman–Crippen MR) is 83.1 cm³/mol. The van der Waals surface area contributed by atoms with Crippen molar-refractivity contribution >= 4 is 23.7 Å². The highest BCUT2D eigenvalue weighted by Gasteiger charge is 2.30. The van der Waals surface area contributed by atoms with Crippen molar-refractivity contribution in [3.63, 3.8) is 0 Å². The molecule has 128 valence electrons. The Balaban J connectivity index is 1.83. The van der Waals surface area contributed by atoms with Gasteiger partial charge in [-0.25, -0.2) is 0 Å². The quantitative estimate of drug-likeness (QED) is 0.572. The largest absolute Gasteiger partial charge is 0.461 e. The minimum atomic E-state index is -1.18. The van der Waals surface area contributed by atoms with Crippen molar-refractivity contribution in [3.05, 3.63) is 35.9 Å².